The highest BCUT2D eigenvalue weighted by molar-refractivity contribution is 5.85. The molecule has 3 aliphatic heterocycles. The van der Waals surface area contributed by atoms with Gasteiger partial charge in [0, 0.05) is 66.5 Å². The van der Waals surface area contributed by atoms with Gasteiger partial charge in [-0.1, -0.05) is 0 Å². The molecular weight excluding hydrogens is 396 g/mol. The number of ether oxygens (including phenoxy) is 1. The molecule has 2 amide bonds. The van der Waals surface area contributed by atoms with Crippen molar-refractivity contribution in [2.45, 2.75) is 51.2 Å². The summed E-state index contributed by atoms with van der Waals surface area (Å²) in [6.07, 6.45) is 5.82. The van der Waals surface area contributed by atoms with E-state index in [0.29, 0.717) is 6.54 Å². The molecule has 3 fully saturated rings. The Hall–Kier alpha value is -1.87. The Kier molecular flexibility index (Phi) is 8.95. The van der Waals surface area contributed by atoms with Crippen molar-refractivity contribution in [3.8, 4) is 0 Å². The number of nitrogens with one attached hydrogen (secondary N) is 1. The van der Waals surface area contributed by atoms with Gasteiger partial charge in [-0.25, -0.2) is 4.99 Å². The number of carbonyl (C=O) groups excluding carboxylic acids is 2. The molecule has 3 rings (SSSR count). The molecular formula is C22H40N6O3. The molecule has 0 aromatic rings. The number of hydrogen-bond donors (Lipinski definition) is 1. The average molecular weight is 437 g/mol. The van der Waals surface area contributed by atoms with E-state index < -0.39 is 0 Å². The van der Waals surface area contributed by atoms with Crippen molar-refractivity contribution in [3.63, 3.8) is 0 Å². The van der Waals surface area contributed by atoms with Crippen LogP contribution in [0.5, 0.6) is 0 Å². The number of guanidine groups is 1. The zero-order valence-electron chi connectivity index (χ0n) is 19.5. The van der Waals surface area contributed by atoms with Gasteiger partial charge in [0.2, 0.25) is 11.8 Å². The van der Waals surface area contributed by atoms with Crippen LogP contribution in [0.2, 0.25) is 0 Å². The number of carbonyl (C=O) groups is 2. The van der Waals surface area contributed by atoms with Gasteiger partial charge in [-0.05, 0) is 39.0 Å². The summed E-state index contributed by atoms with van der Waals surface area (Å²) in [5.74, 6) is 1.00. The molecule has 9 nitrogen and oxygen atoms in total. The van der Waals surface area contributed by atoms with Crippen LogP contribution in [-0.2, 0) is 14.3 Å². The Bertz CT molecular complexity index is 621. The Labute approximate surface area is 186 Å². The lowest BCUT2D eigenvalue weighted by Gasteiger charge is -2.40. The summed E-state index contributed by atoms with van der Waals surface area (Å²) in [6.45, 7) is 8.66. The molecule has 176 valence electrons. The summed E-state index contributed by atoms with van der Waals surface area (Å²) in [5.41, 5.74) is 0. The smallest absolute Gasteiger partial charge is 0.243 e. The van der Waals surface area contributed by atoms with Crippen molar-refractivity contribution in [1.82, 2.24) is 24.9 Å². The second-order valence-electron chi connectivity index (χ2n) is 9.03. The molecule has 0 aromatic carbocycles. The molecule has 0 radical (unpaired) electrons. The second kappa shape index (κ2) is 11.7. The highest BCUT2D eigenvalue weighted by Gasteiger charge is 2.30. The zero-order valence-corrected chi connectivity index (χ0v) is 19.5. The lowest BCUT2D eigenvalue weighted by atomic mass is 10.1. The highest BCUT2D eigenvalue weighted by Crippen LogP contribution is 2.15. The van der Waals surface area contributed by atoms with Gasteiger partial charge in [0.15, 0.2) is 5.96 Å². The largest absolute Gasteiger partial charge is 0.376 e. The Balaban J connectivity index is 1.55. The van der Waals surface area contributed by atoms with Crippen molar-refractivity contribution in [1.29, 1.82) is 0 Å². The number of likely N-dealkylation sites (tertiary alicyclic amines) is 1. The second-order valence-corrected chi connectivity index (χ2v) is 9.03. The van der Waals surface area contributed by atoms with Gasteiger partial charge in [-0.2, -0.15) is 0 Å². The summed E-state index contributed by atoms with van der Waals surface area (Å²) >= 11 is 0. The Morgan fingerprint density at radius 3 is 2.35 bits per heavy atom. The predicted molar refractivity (Wildman–Crippen MR) is 121 cm³/mol. The molecule has 3 saturated heterocycles. The lowest BCUT2D eigenvalue weighted by molar-refractivity contribution is -0.135. The molecule has 0 saturated carbocycles. The number of rotatable bonds is 6. The predicted octanol–water partition coefficient (Wildman–Crippen LogP) is 0.218. The molecule has 3 heterocycles. The minimum absolute atomic E-state index is 0.0170. The third-order valence-corrected chi connectivity index (χ3v) is 6.56. The van der Waals surface area contributed by atoms with Gasteiger partial charge < -0.3 is 24.8 Å². The van der Waals surface area contributed by atoms with Gasteiger partial charge in [0.25, 0.3) is 0 Å². The number of likely N-dealkylation sites (N-methyl/N-ethyl adjacent to an activating group) is 1. The maximum absolute atomic E-state index is 12.8. The molecule has 31 heavy (non-hydrogen) atoms. The van der Waals surface area contributed by atoms with Crippen molar-refractivity contribution in [2.24, 2.45) is 4.99 Å². The van der Waals surface area contributed by atoms with E-state index >= 15 is 0 Å². The molecule has 9 heteroatoms. The highest BCUT2D eigenvalue weighted by atomic mass is 16.5. The number of aliphatic imine (C=N–C) groups is 1. The number of amides is 2. The van der Waals surface area contributed by atoms with E-state index in [2.05, 4.69) is 20.1 Å². The fraction of sp³-hybridized carbons (Fsp3) is 0.864. The first-order valence-electron chi connectivity index (χ1n) is 11.8. The maximum Gasteiger partial charge on any atom is 0.243 e. The van der Waals surface area contributed by atoms with Gasteiger partial charge in [0.1, 0.15) is 6.54 Å². The molecule has 0 aliphatic carbocycles. The van der Waals surface area contributed by atoms with Crippen LogP contribution in [0.15, 0.2) is 4.99 Å². The third-order valence-electron chi connectivity index (χ3n) is 6.56. The lowest BCUT2D eigenvalue weighted by Crippen LogP contribution is -2.57. The van der Waals surface area contributed by atoms with Crippen LogP contribution in [0.4, 0.5) is 0 Å². The van der Waals surface area contributed by atoms with Gasteiger partial charge in [0.05, 0.1) is 12.1 Å². The van der Waals surface area contributed by atoms with Gasteiger partial charge in [-0.3, -0.25) is 14.5 Å². The molecule has 0 spiro atoms. The van der Waals surface area contributed by atoms with E-state index in [1.807, 2.05) is 11.8 Å². The standard InChI is InChI=1S/C22H40N6O3/c1-18(21(30)27-9-5-6-10-27)26-11-13-28(14-12-26)22(24-17-20(29)25(2)3)23-16-19-8-4-7-15-31-19/h18-19H,4-17H2,1-3H3,(H,23,24). The van der Waals surface area contributed by atoms with Crippen molar-refractivity contribution in [2.75, 3.05) is 73.1 Å². The SMILES string of the molecule is CC(C(=O)N1CCCC1)N1CCN(C(=NCC(=O)N(C)C)NCC2CCCCO2)CC1. The van der Waals surface area contributed by atoms with Crippen LogP contribution in [0.1, 0.15) is 39.0 Å². The topological polar surface area (TPSA) is 80.7 Å². The van der Waals surface area contributed by atoms with Crippen molar-refractivity contribution < 1.29 is 14.3 Å². The fourth-order valence-electron chi connectivity index (χ4n) is 4.40. The van der Waals surface area contributed by atoms with Crippen LogP contribution >= 0.6 is 0 Å². The average Bonchev–Trinajstić information content (AvgIpc) is 3.34. The fourth-order valence-corrected chi connectivity index (χ4v) is 4.40. The van der Waals surface area contributed by atoms with Crippen molar-refractivity contribution >= 4 is 17.8 Å². The van der Waals surface area contributed by atoms with Crippen LogP contribution in [0.3, 0.4) is 0 Å². The first-order valence-corrected chi connectivity index (χ1v) is 11.8. The number of hydrogen-bond acceptors (Lipinski definition) is 5. The van der Waals surface area contributed by atoms with Crippen LogP contribution in [0.25, 0.3) is 0 Å². The number of nitrogens with zero attached hydrogens (tertiary/aromatic N) is 5. The first kappa shape index (κ1) is 23.8. The maximum atomic E-state index is 12.8. The molecule has 0 bridgehead atoms. The Morgan fingerprint density at radius 2 is 1.74 bits per heavy atom. The zero-order chi connectivity index (χ0) is 22.2. The summed E-state index contributed by atoms with van der Waals surface area (Å²) in [4.78, 5) is 37.5. The summed E-state index contributed by atoms with van der Waals surface area (Å²) in [6, 6.07) is -0.0837. The Morgan fingerprint density at radius 1 is 1.03 bits per heavy atom. The van der Waals surface area contributed by atoms with E-state index in [4.69, 9.17) is 4.74 Å². The summed E-state index contributed by atoms with van der Waals surface area (Å²) in [5, 5.41) is 3.45. The summed E-state index contributed by atoms with van der Waals surface area (Å²) < 4.78 is 5.84. The van der Waals surface area contributed by atoms with Crippen LogP contribution in [0, 0.1) is 0 Å². The van der Waals surface area contributed by atoms with Crippen molar-refractivity contribution in [3.05, 3.63) is 0 Å². The minimum Gasteiger partial charge on any atom is -0.376 e. The third kappa shape index (κ3) is 6.80. The van der Waals surface area contributed by atoms with E-state index in [9.17, 15) is 9.59 Å². The molecule has 3 aliphatic rings. The van der Waals surface area contributed by atoms with E-state index in [-0.39, 0.29) is 30.5 Å². The van der Waals surface area contributed by atoms with E-state index in [1.54, 1.807) is 19.0 Å². The first-order chi connectivity index (χ1) is 15.0. The number of piperazine rings is 1. The minimum atomic E-state index is -0.0837. The van der Waals surface area contributed by atoms with Crippen LogP contribution in [-0.4, -0.2) is 123 Å². The molecule has 2 unspecified atom stereocenters. The van der Waals surface area contributed by atoms with E-state index in [1.165, 1.54) is 6.42 Å². The quantitative estimate of drug-likeness (QED) is 0.474. The van der Waals surface area contributed by atoms with Gasteiger partial charge >= 0.3 is 0 Å². The monoisotopic (exact) mass is 436 g/mol. The molecule has 0 aromatic heterocycles. The molecule has 2 atom stereocenters. The molecule has 1 N–H and O–H groups in total. The van der Waals surface area contributed by atoms with E-state index in [0.717, 1.165) is 77.5 Å². The van der Waals surface area contributed by atoms with Crippen LogP contribution < -0.4 is 5.32 Å². The summed E-state index contributed by atoms with van der Waals surface area (Å²) in [7, 11) is 3.50. The van der Waals surface area contributed by atoms with Gasteiger partial charge in [-0.15, -0.1) is 0 Å². The normalized spacial score (nSPS) is 24.2.